The van der Waals surface area contributed by atoms with Gasteiger partial charge in [-0.05, 0) is 128 Å². The van der Waals surface area contributed by atoms with Crippen LogP contribution in [0.15, 0.2) is 170 Å². The third kappa shape index (κ3) is 53.9. The zero-order valence-electron chi connectivity index (χ0n) is 43.0. The maximum atomic E-state index is 12.3. The van der Waals surface area contributed by atoms with Crippen LogP contribution in [0.5, 0.6) is 0 Å². The molecule has 0 spiro atoms. The van der Waals surface area contributed by atoms with Gasteiger partial charge in [-0.3, -0.25) is 9.59 Å². The molecule has 0 saturated carbocycles. The van der Waals surface area contributed by atoms with E-state index >= 15 is 0 Å². The lowest BCUT2D eigenvalue weighted by atomic mass is 10.1. The van der Waals surface area contributed by atoms with Crippen molar-refractivity contribution in [2.45, 2.75) is 200 Å². The fourth-order valence-corrected chi connectivity index (χ4v) is 6.57. The first-order valence-electron chi connectivity index (χ1n) is 26.7. The van der Waals surface area contributed by atoms with Gasteiger partial charge in [0.1, 0.15) is 6.61 Å². The van der Waals surface area contributed by atoms with E-state index in [9.17, 15) is 14.7 Å². The number of carbonyl (C=O) groups excluding carboxylic acids is 2. The van der Waals surface area contributed by atoms with Crippen LogP contribution in [-0.4, -0.2) is 36.4 Å². The average molecular weight is 933 g/mol. The Bertz CT molecular complexity index is 1570. The van der Waals surface area contributed by atoms with Gasteiger partial charge >= 0.3 is 11.9 Å². The first-order valence-corrected chi connectivity index (χ1v) is 26.7. The van der Waals surface area contributed by atoms with Crippen LogP contribution in [-0.2, 0) is 19.1 Å². The summed E-state index contributed by atoms with van der Waals surface area (Å²) in [7, 11) is 0. The van der Waals surface area contributed by atoms with Crippen LogP contribution in [0.3, 0.4) is 0 Å². The lowest BCUT2D eigenvalue weighted by Crippen LogP contribution is -2.28. The van der Waals surface area contributed by atoms with E-state index in [1.54, 1.807) is 0 Å². The summed E-state index contributed by atoms with van der Waals surface area (Å²) >= 11 is 0. The van der Waals surface area contributed by atoms with Gasteiger partial charge in [-0.2, -0.15) is 0 Å². The number of hydrogen-bond donors (Lipinski definition) is 1. The highest BCUT2D eigenvalue weighted by Crippen LogP contribution is 2.12. The molecule has 1 atom stereocenters. The summed E-state index contributed by atoms with van der Waals surface area (Å²) in [5.74, 6) is -0.657. The number of ether oxygens (including phenoxy) is 2. The van der Waals surface area contributed by atoms with Gasteiger partial charge in [-0.1, -0.05) is 223 Å². The van der Waals surface area contributed by atoms with Gasteiger partial charge in [-0.15, -0.1) is 0 Å². The van der Waals surface area contributed by atoms with E-state index in [4.69, 9.17) is 9.47 Å². The first kappa shape index (κ1) is 63.3. The summed E-state index contributed by atoms with van der Waals surface area (Å²) < 4.78 is 10.6. The highest BCUT2D eigenvalue weighted by Gasteiger charge is 2.16. The van der Waals surface area contributed by atoms with Gasteiger partial charge in [-0.25, -0.2) is 0 Å². The topological polar surface area (TPSA) is 72.8 Å². The molecule has 0 heterocycles. The Balaban J connectivity index is 3.68. The van der Waals surface area contributed by atoms with Crippen molar-refractivity contribution < 1.29 is 24.2 Å². The van der Waals surface area contributed by atoms with Crippen molar-refractivity contribution in [3.8, 4) is 0 Å². The second-order valence-electron chi connectivity index (χ2n) is 16.8. The van der Waals surface area contributed by atoms with E-state index in [1.165, 1.54) is 25.7 Å². The van der Waals surface area contributed by atoms with Gasteiger partial charge in [0.05, 0.1) is 6.61 Å². The molecule has 0 aromatic heterocycles. The molecule has 0 aliphatic carbocycles. The van der Waals surface area contributed by atoms with Crippen LogP contribution in [0.4, 0.5) is 0 Å². The van der Waals surface area contributed by atoms with Crippen molar-refractivity contribution in [2.75, 3.05) is 13.2 Å². The zero-order chi connectivity index (χ0) is 49.2. The smallest absolute Gasteiger partial charge is 0.306 e. The number of hydrogen-bond acceptors (Lipinski definition) is 5. The predicted molar refractivity (Wildman–Crippen MR) is 297 cm³/mol. The molecule has 1 unspecified atom stereocenters. The van der Waals surface area contributed by atoms with Gasteiger partial charge in [0.2, 0.25) is 0 Å². The van der Waals surface area contributed by atoms with Gasteiger partial charge in [0, 0.05) is 12.8 Å². The van der Waals surface area contributed by atoms with Gasteiger partial charge in [0.25, 0.3) is 0 Å². The van der Waals surface area contributed by atoms with Crippen molar-refractivity contribution >= 4 is 11.9 Å². The Labute approximate surface area is 417 Å². The highest BCUT2D eigenvalue weighted by atomic mass is 16.6. The quantitative estimate of drug-likeness (QED) is 0.0374. The van der Waals surface area contributed by atoms with Crippen LogP contribution in [0.25, 0.3) is 0 Å². The molecule has 0 aromatic carbocycles. The Kier molecular flexibility index (Phi) is 52.6. The summed E-state index contributed by atoms with van der Waals surface area (Å²) in [6, 6.07) is 0. The molecular formula is C63H96O5. The minimum absolute atomic E-state index is 0.0998. The van der Waals surface area contributed by atoms with E-state index in [-0.39, 0.29) is 25.2 Å². The molecule has 0 fully saturated rings. The van der Waals surface area contributed by atoms with Crippen molar-refractivity contribution in [3.63, 3.8) is 0 Å². The summed E-state index contributed by atoms with van der Waals surface area (Å²) in [6.07, 6.45) is 88.7. The number of aliphatic hydroxyl groups excluding tert-OH is 1. The molecule has 0 aliphatic heterocycles. The standard InChI is InChI=1S/C63H96O5/c1-3-5-7-9-11-13-15-17-19-21-23-24-25-26-27-28-29-30-31-32-33-34-35-36-37-38-40-42-44-46-48-50-52-54-56-58-63(66)68-61(59-64)60-67-62(65)57-55-53-51-49-47-45-43-41-39-22-20-18-16-14-12-10-8-6-4-2/h5-8,11-14,17-20,23-24,26-27,29-30,32-33,35-36,38-41,45,47,61,64H,3-4,9-10,15-16,21-22,25,28,31,34,37,42-44,46,48-60H2,1-2H3/b7-5-,8-6-,13-11-,14-12-,19-17-,20-18-,24-23-,27-26-,30-29-,33-32-,36-35-,40-38-,41-39-,47-45-. The SMILES string of the molecule is CC/C=C\C/C=C\C/C=C\C/C=C\C/C=C\C/C=C\C/C=C\C/C=C\C/C=C\CCCCCCCCCC(=O)OC(CO)COC(=O)CCCCC/C=C\C/C=C\C/C=C\C/C=C\C/C=C\CC. The van der Waals surface area contributed by atoms with Crippen molar-refractivity contribution in [2.24, 2.45) is 0 Å². The Morgan fingerprint density at radius 1 is 0.338 bits per heavy atom. The van der Waals surface area contributed by atoms with E-state index in [0.717, 1.165) is 141 Å². The fourth-order valence-electron chi connectivity index (χ4n) is 6.57. The minimum atomic E-state index is -0.806. The maximum absolute atomic E-state index is 12.3. The van der Waals surface area contributed by atoms with E-state index in [0.29, 0.717) is 12.8 Å². The van der Waals surface area contributed by atoms with Crippen LogP contribution < -0.4 is 0 Å². The van der Waals surface area contributed by atoms with Crippen molar-refractivity contribution in [1.29, 1.82) is 0 Å². The summed E-state index contributed by atoms with van der Waals surface area (Å²) in [5, 5.41) is 9.63. The normalized spacial score (nSPS) is 13.6. The van der Waals surface area contributed by atoms with E-state index in [1.807, 2.05) is 0 Å². The molecule has 378 valence electrons. The number of carbonyl (C=O) groups is 2. The molecule has 0 aromatic rings. The number of rotatable bonds is 46. The Hall–Kier alpha value is -4.74. The molecule has 68 heavy (non-hydrogen) atoms. The average Bonchev–Trinajstić information content (AvgIpc) is 3.34. The number of aliphatic hydroxyl groups is 1. The first-order chi connectivity index (χ1) is 33.6. The molecule has 0 rings (SSSR count). The molecule has 0 bridgehead atoms. The molecule has 0 aliphatic rings. The lowest BCUT2D eigenvalue weighted by Gasteiger charge is -2.15. The summed E-state index contributed by atoms with van der Waals surface area (Å²) in [4.78, 5) is 24.5. The van der Waals surface area contributed by atoms with E-state index < -0.39 is 6.10 Å². The lowest BCUT2D eigenvalue weighted by molar-refractivity contribution is -0.161. The molecule has 1 N–H and O–H groups in total. The third-order valence-corrected chi connectivity index (χ3v) is 10.5. The largest absolute Gasteiger partial charge is 0.462 e. The molecule has 5 heteroatoms. The maximum Gasteiger partial charge on any atom is 0.306 e. The molecular weight excluding hydrogens is 837 g/mol. The Morgan fingerprint density at radius 3 is 0.897 bits per heavy atom. The molecule has 5 nitrogen and oxygen atoms in total. The highest BCUT2D eigenvalue weighted by molar-refractivity contribution is 5.70. The minimum Gasteiger partial charge on any atom is -0.462 e. The molecule has 0 saturated heterocycles. The fraction of sp³-hybridized carbons (Fsp3) is 0.524. The molecule has 0 amide bonds. The van der Waals surface area contributed by atoms with Gasteiger partial charge in [0.15, 0.2) is 6.10 Å². The third-order valence-electron chi connectivity index (χ3n) is 10.5. The summed E-state index contributed by atoms with van der Waals surface area (Å²) in [6.45, 7) is 3.85. The second-order valence-corrected chi connectivity index (χ2v) is 16.8. The number of allylic oxidation sites excluding steroid dienone is 28. The van der Waals surface area contributed by atoms with Crippen LogP contribution >= 0.6 is 0 Å². The predicted octanol–water partition coefficient (Wildman–Crippen LogP) is 18.2. The number of unbranched alkanes of at least 4 members (excludes halogenated alkanes) is 10. The number of esters is 2. The van der Waals surface area contributed by atoms with E-state index in [2.05, 4.69) is 184 Å². The summed E-state index contributed by atoms with van der Waals surface area (Å²) in [5.41, 5.74) is 0. The van der Waals surface area contributed by atoms with Crippen molar-refractivity contribution in [1.82, 2.24) is 0 Å². The van der Waals surface area contributed by atoms with Gasteiger partial charge < -0.3 is 14.6 Å². The molecule has 0 radical (unpaired) electrons. The zero-order valence-corrected chi connectivity index (χ0v) is 43.0. The monoisotopic (exact) mass is 933 g/mol. The Morgan fingerprint density at radius 2 is 0.588 bits per heavy atom. The van der Waals surface area contributed by atoms with Crippen LogP contribution in [0.1, 0.15) is 194 Å². The van der Waals surface area contributed by atoms with Crippen LogP contribution in [0.2, 0.25) is 0 Å². The second kappa shape index (κ2) is 56.6. The van der Waals surface area contributed by atoms with Crippen LogP contribution in [0, 0.1) is 0 Å². The van der Waals surface area contributed by atoms with Crippen molar-refractivity contribution in [3.05, 3.63) is 170 Å².